The van der Waals surface area contributed by atoms with Crippen LogP contribution in [-0.4, -0.2) is 13.1 Å². The van der Waals surface area contributed by atoms with Gasteiger partial charge in [-0.2, -0.15) is 0 Å². The topological polar surface area (TPSA) is 33.3 Å². The van der Waals surface area contributed by atoms with Gasteiger partial charge < -0.3 is 15.4 Å². The van der Waals surface area contributed by atoms with E-state index in [9.17, 15) is 0 Å². The third kappa shape index (κ3) is 8.96. The standard InChI is InChI=1S/C24H36N2O/c1-3-5-7-17-25-23-13-9-21(10-14-23)19-27-20-22-11-15-24(16-12-22)26-18-8-6-4-2/h9-16,25-26H,3-8,17-20H2,1-2H3. The molecule has 0 aromatic heterocycles. The maximum Gasteiger partial charge on any atom is 0.0721 e. The Hall–Kier alpha value is -2.00. The summed E-state index contributed by atoms with van der Waals surface area (Å²) in [6.07, 6.45) is 7.55. The third-order valence-corrected chi connectivity index (χ3v) is 4.66. The van der Waals surface area contributed by atoms with Crippen molar-refractivity contribution in [2.75, 3.05) is 23.7 Å². The van der Waals surface area contributed by atoms with Crippen molar-refractivity contribution in [3.05, 3.63) is 59.7 Å². The number of hydrogen-bond acceptors (Lipinski definition) is 3. The van der Waals surface area contributed by atoms with Gasteiger partial charge in [0.15, 0.2) is 0 Å². The van der Waals surface area contributed by atoms with Crippen LogP contribution in [0.5, 0.6) is 0 Å². The second-order valence-electron chi connectivity index (χ2n) is 7.15. The maximum absolute atomic E-state index is 5.87. The average Bonchev–Trinajstić information content (AvgIpc) is 2.71. The Morgan fingerprint density at radius 3 is 1.37 bits per heavy atom. The van der Waals surface area contributed by atoms with Crippen molar-refractivity contribution in [2.24, 2.45) is 0 Å². The zero-order chi connectivity index (χ0) is 19.2. The molecule has 0 atom stereocenters. The van der Waals surface area contributed by atoms with Crippen LogP contribution in [0.15, 0.2) is 48.5 Å². The van der Waals surface area contributed by atoms with Crippen LogP contribution in [0.1, 0.15) is 63.5 Å². The lowest BCUT2D eigenvalue weighted by Crippen LogP contribution is -2.02. The molecule has 0 aliphatic rings. The number of nitrogens with one attached hydrogen (secondary N) is 2. The van der Waals surface area contributed by atoms with Crippen LogP contribution in [0.2, 0.25) is 0 Å². The average molecular weight is 369 g/mol. The molecule has 0 radical (unpaired) electrons. The second-order valence-corrected chi connectivity index (χ2v) is 7.15. The minimum Gasteiger partial charge on any atom is -0.385 e. The van der Waals surface area contributed by atoms with Crippen molar-refractivity contribution in [3.63, 3.8) is 0 Å². The Labute approximate surface area is 165 Å². The van der Waals surface area contributed by atoms with E-state index in [1.54, 1.807) is 0 Å². The van der Waals surface area contributed by atoms with Crippen LogP contribution in [0.3, 0.4) is 0 Å². The lowest BCUT2D eigenvalue weighted by atomic mass is 10.2. The molecule has 148 valence electrons. The maximum atomic E-state index is 5.87. The molecule has 0 spiro atoms. The first kappa shape index (κ1) is 21.3. The molecule has 0 fully saturated rings. The van der Waals surface area contributed by atoms with E-state index < -0.39 is 0 Å². The van der Waals surface area contributed by atoms with Gasteiger partial charge in [0.25, 0.3) is 0 Å². The zero-order valence-corrected chi connectivity index (χ0v) is 17.1. The zero-order valence-electron chi connectivity index (χ0n) is 17.1. The van der Waals surface area contributed by atoms with Gasteiger partial charge in [-0.1, -0.05) is 63.8 Å². The summed E-state index contributed by atoms with van der Waals surface area (Å²) in [5.74, 6) is 0. The minimum absolute atomic E-state index is 0.646. The molecule has 0 aliphatic carbocycles. The fourth-order valence-electron chi connectivity index (χ4n) is 2.94. The molecule has 0 bridgehead atoms. The van der Waals surface area contributed by atoms with E-state index in [4.69, 9.17) is 4.74 Å². The molecule has 2 N–H and O–H groups in total. The molecule has 0 heterocycles. The molecule has 0 saturated heterocycles. The van der Waals surface area contributed by atoms with Crippen molar-refractivity contribution < 1.29 is 4.74 Å². The van der Waals surface area contributed by atoms with Crippen LogP contribution in [0.25, 0.3) is 0 Å². The van der Waals surface area contributed by atoms with E-state index in [0.29, 0.717) is 13.2 Å². The van der Waals surface area contributed by atoms with Gasteiger partial charge in [0.1, 0.15) is 0 Å². The fourth-order valence-corrected chi connectivity index (χ4v) is 2.94. The molecular formula is C24H36N2O. The highest BCUT2D eigenvalue weighted by molar-refractivity contribution is 5.45. The molecule has 3 nitrogen and oxygen atoms in total. The van der Waals surface area contributed by atoms with Crippen molar-refractivity contribution in [2.45, 2.75) is 65.6 Å². The molecular weight excluding hydrogens is 332 g/mol. The summed E-state index contributed by atoms with van der Waals surface area (Å²) in [6.45, 7) is 7.85. The van der Waals surface area contributed by atoms with Gasteiger partial charge in [-0.05, 0) is 48.2 Å². The smallest absolute Gasteiger partial charge is 0.0721 e. The first-order chi connectivity index (χ1) is 13.3. The van der Waals surface area contributed by atoms with E-state index in [0.717, 1.165) is 13.1 Å². The number of ether oxygens (including phenoxy) is 1. The SMILES string of the molecule is CCCCCNc1ccc(COCc2ccc(NCCCCC)cc2)cc1. The number of benzene rings is 2. The Balaban J connectivity index is 1.65. The first-order valence-corrected chi connectivity index (χ1v) is 10.5. The predicted octanol–water partition coefficient (Wildman–Crippen LogP) is 6.61. The lowest BCUT2D eigenvalue weighted by molar-refractivity contribution is 0.107. The number of hydrogen-bond donors (Lipinski definition) is 2. The van der Waals surface area contributed by atoms with E-state index in [1.807, 2.05) is 0 Å². The summed E-state index contributed by atoms with van der Waals surface area (Å²) >= 11 is 0. The van der Waals surface area contributed by atoms with Crippen molar-refractivity contribution in [3.8, 4) is 0 Å². The van der Waals surface area contributed by atoms with Crippen LogP contribution in [-0.2, 0) is 18.0 Å². The molecule has 2 rings (SSSR count). The van der Waals surface area contributed by atoms with E-state index in [-0.39, 0.29) is 0 Å². The Morgan fingerprint density at radius 1 is 0.593 bits per heavy atom. The van der Waals surface area contributed by atoms with E-state index in [1.165, 1.54) is 61.0 Å². The van der Waals surface area contributed by atoms with Gasteiger partial charge in [0, 0.05) is 24.5 Å². The Bertz CT molecular complexity index is 552. The van der Waals surface area contributed by atoms with E-state index in [2.05, 4.69) is 73.0 Å². The quantitative estimate of drug-likeness (QED) is 0.368. The van der Waals surface area contributed by atoms with E-state index >= 15 is 0 Å². The van der Waals surface area contributed by atoms with Gasteiger partial charge in [-0.25, -0.2) is 0 Å². The molecule has 0 aliphatic heterocycles. The summed E-state index contributed by atoms with van der Waals surface area (Å²) in [5, 5.41) is 6.94. The molecule has 2 aromatic carbocycles. The highest BCUT2D eigenvalue weighted by Crippen LogP contribution is 2.14. The molecule has 0 unspecified atom stereocenters. The number of unbranched alkanes of at least 4 members (excludes halogenated alkanes) is 4. The summed E-state index contributed by atoms with van der Waals surface area (Å²) in [6, 6.07) is 17.1. The molecule has 0 amide bonds. The van der Waals surface area contributed by atoms with Gasteiger partial charge in [-0.3, -0.25) is 0 Å². The highest BCUT2D eigenvalue weighted by Gasteiger charge is 1.98. The summed E-state index contributed by atoms with van der Waals surface area (Å²) in [7, 11) is 0. The first-order valence-electron chi connectivity index (χ1n) is 10.5. The van der Waals surface area contributed by atoms with Crippen LogP contribution < -0.4 is 10.6 Å². The molecule has 2 aromatic rings. The molecule has 0 saturated carbocycles. The highest BCUT2D eigenvalue weighted by atomic mass is 16.5. The Morgan fingerprint density at radius 2 is 1.00 bits per heavy atom. The largest absolute Gasteiger partial charge is 0.385 e. The van der Waals surface area contributed by atoms with Crippen molar-refractivity contribution in [1.82, 2.24) is 0 Å². The number of rotatable bonds is 14. The van der Waals surface area contributed by atoms with Crippen LogP contribution in [0.4, 0.5) is 11.4 Å². The second kappa shape index (κ2) is 13.2. The fraction of sp³-hybridized carbons (Fsp3) is 0.500. The van der Waals surface area contributed by atoms with Gasteiger partial charge in [0.05, 0.1) is 13.2 Å². The summed E-state index contributed by atoms with van der Waals surface area (Å²) < 4.78 is 5.87. The van der Waals surface area contributed by atoms with Crippen LogP contribution >= 0.6 is 0 Å². The minimum atomic E-state index is 0.646. The normalized spacial score (nSPS) is 10.7. The van der Waals surface area contributed by atoms with Gasteiger partial charge in [-0.15, -0.1) is 0 Å². The molecule has 27 heavy (non-hydrogen) atoms. The third-order valence-electron chi connectivity index (χ3n) is 4.66. The predicted molar refractivity (Wildman–Crippen MR) is 117 cm³/mol. The van der Waals surface area contributed by atoms with Crippen molar-refractivity contribution >= 4 is 11.4 Å². The monoisotopic (exact) mass is 368 g/mol. The van der Waals surface area contributed by atoms with Crippen molar-refractivity contribution in [1.29, 1.82) is 0 Å². The van der Waals surface area contributed by atoms with Gasteiger partial charge in [0.2, 0.25) is 0 Å². The number of anilines is 2. The lowest BCUT2D eigenvalue weighted by Gasteiger charge is -2.09. The summed E-state index contributed by atoms with van der Waals surface area (Å²) in [5.41, 5.74) is 4.81. The van der Waals surface area contributed by atoms with Crippen LogP contribution in [0, 0.1) is 0 Å². The summed E-state index contributed by atoms with van der Waals surface area (Å²) in [4.78, 5) is 0. The molecule has 3 heteroatoms. The Kier molecular flexibility index (Phi) is 10.4. The van der Waals surface area contributed by atoms with Gasteiger partial charge >= 0.3 is 0 Å².